The molecule has 1 N–H and O–H groups in total. The van der Waals surface area contributed by atoms with E-state index in [0.717, 1.165) is 52.1 Å². The van der Waals surface area contributed by atoms with Gasteiger partial charge in [-0.3, -0.25) is 4.79 Å². The number of likely N-dealkylation sites (tertiary alicyclic amines) is 1. The van der Waals surface area contributed by atoms with Gasteiger partial charge in [-0.1, -0.05) is 13.8 Å². The first-order valence-corrected chi connectivity index (χ1v) is 11.1. The van der Waals surface area contributed by atoms with Crippen molar-refractivity contribution in [1.82, 2.24) is 24.5 Å². The van der Waals surface area contributed by atoms with E-state index in [1.54, 1.807) is 11.3 Å². The first-order valence-electron chi connectivity index (χ1n) is 10.2. The highest BCUT2D eigenvalue weighted by molar-refractivity contribution is 7.15. The van der Waals surface area contributed by atoms with Crippen LogP contribution in [0.15, 0.2) is 18.3 Å². The molecule has 1 fully saturated rings. The maximum absolute atomic E-state index is 12.5. The van der Waals surface area contributed by atoms with Crippen molar-refractivity contribution >= 4 is 28.7 Å². The molecule has 0 aliphatic carbocycles. The molecule has 0 bridgehead atoms. The van der Waals surface area contributed by atoms with Crippen LogP contribution < -0.4 is 5.32 Å². The normalized spacial score (nSPS) is 16.9. The van der Waals surface area contributed by atoms with Crippen LogP contribution in [0, 0.1) is 19.8 Å². The number of carbonyl (C=O) groups is 1. The summed E-state index contributed by atoms with van der Waals surface area (Å²) in [7, 11) is 0. The van der Waals surface area contributed by atoms with E-state index in [1.165, 1.54) is 0 Å². The predicted molar refractivity (Wildman–Crippen MR) is 116 cm³/mol. The standard InChI is InChI=1S/C21H28N6OS/c1-13(2)10-20(28)26-9-5-6-16(26)11-22-18-7-8-19-23-12-17(27(19)25-18)21-14(3)24-15(4)29-21/h7-8,12-13,16H,5-6,9-11H2,1-4H3,(H,22,25). The van der Waals surface area contributed by atoms with E-state index in [-0.39, 0.29) is 11.9 Å². The van der Waals surface area contributed by atoms with E-state index in [0.29, 0.717) is 18.9 Å². The van der Waals surface area contributed by atoms with E-state index in [4.69, 9.17) is 5.10 Å². The summed E-state index contributed by atoms with van der Waals surface area (Å²) in [6, 6.07) is 4.15. The molecule has 1 saturated heterocycles. The summed E-state index contributed by atoms with van der Waals surface area (Å²) in [5.41, 5.74) is 2.77. The summed E-state index contributed by atoms with van der Waals surface area (Å²) in [5, 5.41) is 9.24. The molecule has 0 aromatic carbocycles. The Bertz CT molecular complexity index is 1020. The van der Waals surface area contributed by atoms with Gasteiger partial charge in [0.15, 0.2) is 5.65 Å². The van der Waals surface area contributed by atoms with E-state index in [1.807, 2.05) is 41.6 Å². The second-order valence-electron chi connectivity index (χ2n) is 8.14. The molecule has 1 aliphatic heterocycles. The molecule has 0 radical (unpaired) electrons. The highest BCUT2D eigenvalue weighted by Crippen LogP contribution is 2.30. The Labute approximate surface area is 175 Å². The summed E-state index contributed by atoms with van der Waals surface area (Å²) >= 11 is 1.66. The number of nitrogens with zero attached hydrogens (tertiary/aromatic N) is 5. The van der Waals surface area contributed by atoms with Gasteiger partial charge in [0.05, 0.1) is 21.8 Å². The number of carbonyl (C=O) groups excluding carboxylic acids is 1. The summed E-state index contributed by atoms with van der Waals surface area (Å²) in [6.07, 6.45) is 4.58. The molecule has 3 aromatic rings. The Morgan fingerprint density at radius 2 is 2.17 bits per heavy atom. The average Bonchev–Trinajstić information content (AvgIpc) is 3.37. The molecule has 4 rings (SSSR count). The second-order valence-corrected chi connectivity index (χ2v) is 9.34. The van der Waals surface area contributed by atoms with Crippen LogP contribution in [0.3, 0.4) is 0 Å². The van der Waals surface area contributed by atoms with Crippen LogP contribution in [0.1, 0.15) is 43.8 Å². The monoisotopic (exact) mass is 412 g/mol. The Morgan fingerprint density at radius 1 is 1.34 bits per heavy atom. The largest absolute Gasteiger partial charge is 0.367 e. The molecular weight excluding hydrogens is 384 g/mol. The number of thiazole rings is 1. The Morgan fingerprint density at radius 3 is 2.90 bits per heavy atom. The van der Waals surface area contributed by atoms with Crippen LogP contribution in [-0.4, -0.2) is 49.5 Å². The molecule has 154 valence electrons. The summed E-state index contributed by atoms with van der Waals surface area (Å²) in [5.74, 6) is 1.44. The molecule has 8 heteroatoms. The van der Waals surface area contributed by atoms with Crippen molar-refractivity contribution in [3.63, 3.8) is 0 Å². The highest BCUT2D eigenvalue weighted by Gasteiger charge is 2.28. The Kier molecular flexibility index (Phi) is 5.54. The van der Waals surface area contributed by atoms with Gasteiger partial charge >= 0.3 is 0 Å². The Balaban J connectivity index is 1.51. The molecule has 4 heterocycles. The van der Waals surface area contributed by atoms with Gasteiger partial charge in [-0.25, -0.2) is 14.5 Å². The fourth-order valence-electron chi connectivity index (χ4n) is 3.96. The van der Waals surface area contributed by atoms with Gasteiger partial charge in [0.2, 0.25) is 5.91 Å². The minimum atomic E-state index is 0.229. The van der Waals surface area contributed by atoms with Gasteiger partial charge in [0.1, 0.15) is 11.5 Å². The van der Waals surface area contributed by atoms with Crippen molar-refractivity contribution in [3.05, 3.63) is 29.0 Å². The molecule has 1 unspecified atom stereocenters. The van der Waals surface area contributed by atoms with Crippen molar-refractivity contribution in [3.8, 4) is 10.6 Å². The number of hydrogen-bond acceptors (Lipinski definition) is 6. The minimum Gasteiger partial charge on any atom is -0.367 e. The number of hydrogen-bond donors (Lipinski definition) is 1. The van der Waals surface area contributed by atoms with Crippen molar-refractivity contribution in [1.29, 1.82) is 0 Å². The van der Waals surface area contributed by atoms with Crippen molar-refractivity contribution < 1.29 is 4.79 Å². The molecule has 1 amide bonds. The number of imidazole rings is 1. The number of aromatic nitrogens is 4. The number of aryl methyl sites for hydroxylation is 2. The van der Waals surface area contributed by atoms with E-state index in [9.17, 15) is 4.79 Å². The maximum Gasteiger partial charge on any atom is 0.223 e. The molecule has 1 aliphatic rings. The van der Waals surface area contributed by atoms with Crippen LogP contribution in [0.4, 0.5) is 5.82 Å². The zero-order chi connectivity index (χ0) is 20.5. The molecular formula is C21H28N6OS. The first-order chi connectivity index (χ1) is 13.9. The zero-order valence-electron chi connectivity index (χ0n) is 17.5. The number of fused-ring (bicyclic) bond motifs is 1. The smallest absolute Gasteiger partial charge is 0.223 e. The van der Waals surface area contributed by atoms with Crippen LogP contribution in [0.25, 0.3) is 16.2 Å². The number of amides is 1. The number of rotatable bonds is 6. The molecule has 29 heavy (non-hydrogen) atoms. The van der Waals surface area contributed by atoms with E-state index in [2.05, 4.69) is 29.1 Å². The summed E-state index contributed by atoms with van der Waals surface area (Å²) < 4.78 is 1.87. The van der Waals surface area contributed by atoms with Gasteiger partial charge in [0, 0.05) is 25.6 Å². The average molecular weight is 413 g/mol. The first kappa shape index (κ1) is 19.8. The Hall–Kier alpha value is -2.48. The fraction of sp³-hybridized carbons (Fsp3) is 0.524. The SMILES string of the molecule is Cc1nc(C)c(-c2cnc3ccc(NCC4CCCN4C(=O)CC(C)C)nn23)s1. The molecule has 1 atom stereocenters. The zero-order valence-corrected chi connectivity index (χ0v) is 18.3. The van der Waals surface area contributed by atoms with Crippen LogP contribution in [-0.2, 0) is 4.79 Å². The van der Waals surface area contributed by atoms with Crippen LogP contribution in [0.5, 0.6) is 0 Å². The summed E-state index contributed by atoms with van der Waals surface area (Å²) in [6.45, 7) is 9.79. The predicted octanol–water partition coefficient (Wildman–Crippen LogP) is 3.92. The van der Waals surface area contributed by atoms with Crippen molar-refractivity contribution in [2.45, 2.75) is 53.0 Å². The molecule has 3 aromatic heterocycles. The minimum absolute atomic E-state index is 0.229. The lowest BCUT2D eigenvalue weighted by molar-refractivity contribution is -0.132. The topological polar surface area (TPSA) is 75.4 Å². The molecule has 0 spiro atoms. The van der Waals surface area contributed by atoms with E-state index >= 15 is 0 Å². The number of anilines is 1. The van der Waals surface area contributed by atoms with Gasteiger partial charge in [0.25, 0.3) is 0 Å². The summed E-state index contributed by atoms with van der Waals surface area (Å²) in [4.78, 5) is 24.7. The fourth-order valence-corrected chi connectivity index (χ4v) is 4.87. The number of nitrogens with one attached hydrogen (secondary N) is 1. The second kappa shape index (κ2) is 8.10. The quantitative estimate of drug-likeness (QED) is 0.664. The van der Waals surface area contributed by atoms with E-state index < -0.39 is 0 Å². The van der Waals surface area contributed by atoms with Gasteiger partial charge in [-0.15, -0.1) is 16.4 Å². The van der Waals surface area contributed by atoms with Gasteiger partial charge in [-0.05, 0) is 44.7 Å². The third-order valence-electron chi connectivity index (χ3n) is 5.30. The molecule has 7 nitrogen and oxygen atoms in total. The lowest BCUT2D eigenvalue weighted by atomic mass is 10.1. The lowest BCUT2D eigenvalue weighted by Crippen LogP contribution is -2.40. The van der Waals surface area contributed by atoms with Crippen LogP contribution >= 0.6 is 11.3 Å². The van der Waals surface area contributed by atoms with Crippen molar-refractivity contribution in [2.75, 3.05) is 18.4 Å². The van der Waals surface area contributed by atoms with Gasteiger partial charge < -0.3 is 10.2 Å². The van der Waals surface area contributed by atoms with Crippen molar-refractivity contribution in [2.24, 2.45) is 5.92 Å². The highest BCUT2D eigenvalue weighted by atomic mass is 32.1. The van der Waals surface area contributed by atoms with Crippen LogP contribution in [0.2, 0.25) is 0 Å². The molecule has 0 saturated carbocycles. The maximum atomic E-state index is 12.5. The lowest BCUT2D eigenvalue weighted by Gasteiger charge is -2.26. The third-order valence-corrected chi connectivity index (χ3v) is 6.39. The van der Waals surface area contributed by atoms with Gasteiger partial charge in [-0.2, -0.15) is 0 Å². The third kappa shape index (κ3) is 4.12.